The predicted molar refractivity (Wildman–Crippen MR) is 108 cm³/mol. The van der Waals surface area contributed by atoms with Crippen molar-refractivity contribution >= 4 is 29.3 Å². The van der Waals surface area contributed by atoms with Gasteiger partial charge in [-0.05, 0) is 30.3 Å². The van der Waals surface area contributed by atoms with Crippen LogP contribution in [0, 0.1) is 0 Å². The van der Waals surface area contributed by atoms with Crippen LogP contribution in [0.5, 0.6) is 11.5 Å². The summed E-state index contributed by atoms with van der Waals surface area (Å²) in [6.07, 6.45) is 0. The molecule has 0 spiro atoms. The van der Waals surface area contributed by atoms with Crippen molar-refractivity contribution in [1.29, 1.82) is 0 Å². The molecular weight excluding hydrogens is 372 g/mol. The topological polar surface area (TPSA) is 67.4 Å². The van der Waals surface area contributed by atoms with Crippen molar-refractivity contribution in [2.45, 2.75) is 10.9 Å². The fraction of sp³-hybridized carbons (Fsp3) is 0.0909. The number of fused-ring (bicyclic) bond motifs is 3. The smallest absolute Gasteiger partial charge is 0.252 e. The highest BCUT2D eigenvalue weighted by molar-refractivity contribution is 8.00. The molecule has 5 rings (SSSR count). The Kier molecular flexibility index (Phi) is 4.06. The van der Waals surface area contributed by atoms with Crippen LogP contribution < -0.4 is 15.4 Å². The van der Waals surface area contributed by atoms with Gasteiger partial charge < -0.3 is 15.4 Å². The number of rotatable bonds is 2. The van der Waals surface area contributed by atoms with Gasteiger partial charge in [0.2, 0.25) is 5.91 Å². The molecule has 0 unspecified atom stereocenters. The molecule has 0 aliphatic carbocycles. The van der Waals surface area contributed by atoms with Gasteiger partial charge in [-0.1, -0.05) is 36.4 Å². The summed E-state index contributed by atoms with van der Waals surface area (Å²) >= 11 is 1.47. The molecule has 0 saturated heterocycles. The number of para-hydroxylation sites is 2. The molecule has 28 heavy (non-hydrogen) atoms. The van der Waals surface area contributed by atoms with Crippen molar-refractivity contribution < 1.29 is 14.3 Å². The number of carbonyl (C=O) groups excluding carboxylic acids is 2. The predicted octanol–water partition coefficient (Wildman–Crippen LogP) is 4.36. The molecule has 0 radical (unpaired) electrons. The van der Waals surface area contributed by atoms with E-state index in [0.717, 1.165) is 27.5 Å². The molecule has 2 aliphatic heterocycles. The molecule has 5 nitrogen and oxygen atoms in total. The van der Waals surface area contributed by atoms with Gasteiger partial charge >= 0.3 is 0 Å². The van der Waals surface area contributed by atoms with Crippen LogP contribution in [0.2, 0.25) is 0 Å². The van der Waals surface area contributed by atoms with Crippen LogP contribution in [-0.4, -0.2) is 17.6 Å². The van der Waals surface area contributed by atoms with Gasteiger partial charge in [0.25, 0.3) is 5.91 Å². The third kappa shape index (κ3) is 2.92. The number of hydrogen-bond acceptors (Lipinski definition) is 4. The molecule has 2 heterocycles. The summed E-state index contributed by atoms with van der Waals surface area (Å²) < 4.78 is 5.98. The second-order valence-electron chi connectivity index (χ2n) is 6.63. The Bertz CT molecular complexity index is 1070. The van der Waals surface area contributed by atoms with Crippen LogP contribution in [0.1, 0.15) is 27.5 Å². The summed E-state index contributed by atoms with van der Waals surface area (Å²) in [7, 11) is 0. The summed E-state index contributed by atoms with van der Waals surface area (Å²) in [5.74, 6) is 1.61. The van der Waals surface area contributed by atoms with Crippen LogP contribution in [0.15, 0.2) is 71.6 Å². The van der Waals surface area contributed by atoms with Crippen molar-refractivity contribution in [2.24, 2.45) is 0 Å². The SMILES string of the molecule is O=C1CSc2ccc(C(=O)NC3c4ccccc4Oc4ccccc43)cc2N1. The van der Waals surface area contributed by atoms with Gasteiger partial charge in [0.15, 0.2) is 0 Å². The lowest BCUT2D eigenvalue weighted by Gasteiger charge is -2.29. The molecule has 2 amide bonds. The van der Waals surface area contributed by atoms with Crippen molar-refractivity contribution in [2.75, 3.05) is 11.1 Å². The number of nitrogens with one attached hydrogen (secondary N) is 2. The summed E-state index contributed by atoms with van der Waals surface area (Å²) in [6, 6.07) is 20.5. The maximum absolute atomic E-state index is 13.0. The highest BCUT2D eigenvalue weighted by Crippen LogP contribution is 2.42. The summed E-state index contributed by atoms with van der Waals surface area (Å²) in [5, 5.41) is 5.96. The highest BCUT2D eigenvalue weighted by atomic mass is 32.2. The number of amides is 2. The number of carbonyl (C=O) groups is 2. The standard InChI is InChI=1S/C22H16N2O3S/c25-20-12-28-19-10-9-13(11-16(19)23-20)22(26)24-21-14-5-1-3-7-17(14)27-18-8-4-2-6-15(18)21/h1-11,21H,12H2,(H,23,25)(H,24,26). The Morgan fingerprint density at radius 3 is 2.39 bits per heavy atom. The first-order chi connectivity index (χ1) is 13.7. The minimum Gasteiger partial charge on any atom is -0.457 e. The Balaban J connectivity index is 1.49. The fourth-order valence-electron chi connectivity index (χ4n) is 3.50. The molecule has 3 aromatic carbocycles. The Morgan fingerprint density at radius 2 is 1.68 bits per heavy atom. The van der Waals surface area contributed by atoms with Crippen molar-refractivity contribution in [3.8, 4) is 11.5 Å². The quantitative estimate of drug-likeness (QED) is 0.685. The lowest BCUT2D eigenvalue weighted by atomic mass is 9.94. The molecule has 0 bridgehead atoms. The number of thioether (sulfide) groups is 1. The summed E-state index contributed by atoms with van der Waals surface area (Å²) in [6.45, 7) is 0. The third-order valence-electron chi connectivity index (χ3n) is 4.83. The molecule has 138 valence electrons. The van der Waals surface area contributed by atoms with E-state index in [-0.39, 0.29) is 17.9 Å². The van der Waals surface area contributed by atoms with Crippen LogP contribution in [0.4, 0.5) is 5.69 Å². The molecule has 0 atom stereocenters. The van der Waals surface area contributed by atoms with E-state index < -0.39 is 0 Å². The second kappa shape index (κ2) is 6.73. The zero-order valence-corrected chi connectivity index (χ0v) is 15.6. The van der Waals surface area contributed by atoms with Crippen molar-refractivity contribution in [1.82, 2.24) is 5.32 Å². The molecular formula is C22H16N2O3S. The average molecular weight is 388 g/mol. The lowest BCUT2D eigenvalue weighted by molar-refractivity contribution is -0.113. The molecule has 3 aromatic rings. The molecule has 0 saturated carbocycles. The Morgan fingerprint density at radius 1 is 1.00 bits per heavy atom. The van der Waals surface area contributed by atoms with Gasteiger partial charge in [-0.3, -0.25) is 9.59 Å². The van der Waals surface area contributed by atoms with E-state index in [2.05, 4.69) is 10.6 Å². The molecule has 2 N–H and O–H groups in total. The van der Waals surface area contributed by atoms with Crippen LogP contribution >= 0.6 is 11.8 Å². The van der Waals surface area contributed by atoms with E-state index in [1.807, 2.05) is 54.6 Å². The van der Waals surface area contributed by atoms with Gasteiger partial charge in [-0.25, -0.2) is 0 Å². The van der Waals surface area contributed by atoms with E-state index >= 15 is 0 Å². The second-order valence-corrected chi connectivity index (χ2v) is 7.65. The largest absolute Gasteiger partial charge is 0.457 e. The van der Waals surface area contributed by atoms with E-state index in [1.165, 1.54) is 11.8 Å². The van der Waals surface area contributed by atoms with Gasteiger partial charge in [0.1, 0.15) is 11.5 Å². The zero-order valence-electron chi connectivity index (χ0n) is 14.8. The maximum atomic E-state index is 13.0. The normalized spacial score (nSPS) is 14.8. The van der Waals surface area contributed by atoms with Crippen LogP contribution in [-0.2, 0) is 4.79 Å². The molecule has 2 aliphatic rings. The maximum Gasteiger partial charge on any atom is 0.252 e. The van der Waals surface area contributed by atoms with E-state index in [0.29, 0.717) is 17.0 Å². The number of ether oxygens (including phenoxy) is 1. The Labute approximate surface area is 166 Å². The number of hydrogen-bond donors (Lipinski definition) is 2. The van der Waals surface area contributed by atoms with Gasteiger partial charge in [-0.15, -0.1) is 11.8 Å². The van der Waals surface area contributed by atoms with E-state index in [9.17, 15) is 9.59 Å². The summed E-state index contributed by atoms with van der Waals surface area (Å²) in [5.41, 5.74) is 3.01. The Hall–Kier alpha value is -3.25. The van der Waals surface area contributed by atoms with Crippen LogP contribution in [0.3, 0.4) is 0 Å². The first-order valence-corrected chi connectivity index (χ1v) is 9.91. The molecule has 0 aromatic heterocycles. The summed E-state index contributed by atoms with van der Waals surface area (Å²) in [4.78, 5) is 25.7. The fourth-order valence-corrected chi connectivity index (χ4v) is 4.29. The minimum absolute atomic E-state index is 0.0534. The number of benzene rings is 3. The highest BCUT2D eigenvalue weighted by Gasteiger charge is 2.28. The van der Waals surface area contributed by atoms with Crippen molar-refractivity contribution in [3.63, 3.8) is 0 Å². The first kappa shape index (κ1) is 16.9. The monoisotopic (exact) mass is 388 g/mol. The van der Waals surface area contributed by atoms with Gasteiger partial charge in [0.05, 0.1) is 17.5 Å². The first-order valence-electron chi connectivity index (χ1n) is 8.92. The minimum atomic E-state index is -0.311. The van der Waals surface area contributed by atoms with Gasteiger partial charge in [0, 0.05) is 21.6 Å². The zero-order chi connectivity index (χ0) is 19.1. The van der Waals surface area contributed by atoms with Gasteiger partial charge in [-0.2, -0.15) is 0 Å². The molecule has 0 fully saturated rings. The number of anilines is 1. The third-order valence-corrected chi connectivity index (χ3v) is 5.90. The van der Waals surface area contributed by atoms with E-state index in [1.54, 1.807) is 12.1 Å². The molecule has 6 heteroatoms. The van der Waals surface area contributed by atoms with Crippen molar-refractivity contribution in [3.05, 3.63) is 83.4 Å². The van der Waals surface area contributed by atoms with Crippen LogP contribution in [0.25, 0.3) is 0 Å². The lowest BCUT2D eigenvalue weighted by Crippen LogP contribution is -2.31. The average Bonchev–Trinajstić information content (AvgIpc) is 2.73. The van der Waals surface area contributed by atoms with E-state index in [4.69, 9.17) is 4.74 Å².